The van der Waals surface area contributed by atoms with Crippen molar-refractivity contribution in [3.63, 3.8) is 0 Å². The van der Waals surface area contributed by atoms with Crippen LogP contribution in [0.25, 0.3) is 0 Å². The summed E-state index contributed by atoms with van der Waals surface area (Å²) in [5, 5.41) is 2.15. The largest absolute Gasteiger partial charge is 0.327 e. The van der Waals surface area contributed by atoms with E-state index in [9.17, 15) is 0 Å². The van der Waals surface area contributed by atoms with Crippen LogP contribution in [0.15, 0.2) is 10.9 Å². The number of hydrogen-bond acceptors (Lipinski definition) is 4. The van der Waals surface area contributed by atoms with Gasteiger partial charge in [-0.3, -0.25) is 4.90 Å². The average Bonchev–Trinajstić information content (AvgIpc) is 2.88. The quantitative estimate of drug-likeness (QED) is 0.898. The molecular weight excluding hydrogens is 254 g/mol. The van der Waals surface area contributed by atoms with E-state index in [1.165, 1.54) is 38.0 Å². The van der Waals surface area contributed by atoms with Gasteiger partial charge in [-0.05, 0) is 24.7 Å². The fourth-order valence-corrected chi connectivity index (χ4v) is 3.83. The summed E-state index contributed by atoms with van der Waals surface area (Å²) in [6.45, 7) is 3.43. The summed E-state index contributed by atoms with van der Waals surface area (Å²) < 4.78 is 0. The minimum atomic E-state index is 0. The summed E-state index contributed by atoms with van der Waals surface area (Å²) in [4.78, 5) is 6.90. The number of likely N-dealkylation sites (tertiary alicyclic amines) is 1. The molecule has 0 radical (unpaired) electrons. The lowest BCUT2D eigenvalue weighted by atomic mass is 9.78. The summed E-state index contributed by atoms with van der Waals surface area (Å²) >= 11 is 1.69. The summed E-state index contributed by atoms with van der Waals surface area (Å²) in [5.41, 5.74) is 9.36. The van der Waals surface area contributed by atoms with Gasteiger partial charge in [0.25, 0.3) is 0 Å². The van der Waals surface area contributed by atoms with Crippen LogP contribution in [0.1, 0.15) is 25.0 Å². The molecule has 3 unspecified atom stereocenters. The number of hydrogen-bond donors (Lipinski definition) is 1. The van der Waals surface area contributed by atoms with E-state index < -0.39 is 0 Å². The van der Waals surface area contributed by atoms with Crippen molar-refractivity contribution in [2.75, 3.05) is 13.1 Å². The van der Waals surface area contributed by atoms with E-state index in [-0.39, 0.29) is 12.4 Å². The molecule has 1 aliphatic carbocycles. The summed E-state index contributed by atoms with van der Waals surface area (Å²) in [7, 11) is 0. The minimum Gasteiger partial charge on any atom is -0.327 e. The predicted molar refractivity (Wildman–Crippen MR) is 73.4 cm³/mol. The lowest BCUT2D eigenvalue weighted by Gasteiger charge is -2.29. The molecular formula is C12H20ClN3S. The molecule has 96 valence electrons. The van der Waals surface area contributed by atoms with Crippen molar-refractivity contribution in [2.45, 2.75) is 31.8 Å². The second kappa shape index (κ2) is 5.65. The van der Waals surface area contributed by atoms with Crippen LogP contribution in [0.2, 0.25) is 0 Å². The van der Waals surface area contributed by atoms with Crippen LogP contribution >= 0.6 is 23.7 Å². The van der Waals surface area contributed by atoms with E-state index in [1.54, 1.807) is 11.3 Å². The van der Waals surface area contributed by atoms with Gasteiger partial charge in [0.15, 0.2) is 0 Å². The summed E-state index contributed by atoms with van der Waals surface area (Å²) in [6, 6.07) is 0.444. The van der Waals surface area contributed by atoms with Gasteiger partial charge >= 0.3 is 0 Å². The molecule has 0 bridgehead atoms. The highest BCUT2D eigenvalue weighted by molar-refractivity contribution is 7.07. The van der Waals surface area contributed by atoms with Crippen LogP contribution in [0.3, 0.4) is 0 Å². The van der Waals surface area contributed by atoms with Crippen LogP contribution in [-0.4, -0.2) is 29.0 Å². The number of nitrogens with zero attached hydrogens (tertiary/aromatic N) is 2. The van der Waals surface area contributed by atoms with Crippen molar-refractivity contribution in [3.8, 4) is 0 Å². The van der Waals surface area contributed by atoms with E-state index in [0.717, 1.165) is 18.4 Å². The molecule has 1 saturated heterocycles. The first-order valence-corrected chi connectivity index (χ1v) is 7.12. The fraction of sp³-hybridized carbons (Fsp3) is 0.750. The van der Waals surface area contributed by atoms with Crippen LogP contribution in [0.5, 0.6) is 0 Å². The Labute approximate surface area is 113 Å². The lowest BCUT2D eigenvalue weighted by molar-refractivity contribution is 0.259. The number of thiazole rings is 1. The topological polar surface area (TPSA) is 42.1 Å². The smallest absolute Gasteiger partial charge is 0.0795 e. The maximum Gasteiger partial charge on any atom is 0.0795 e. The first-order chi connectivity index (χ1) is 7.83. The van der Waals surface area contributed by atoms with Crippen LogP contribution in [0, 0.1) is 11.8 Å². The minimum absolute atomic E-state index is 0. The highest BCUT2D eigenvalue weighted by atomic mass is 35.5. The van der Waals surface area contributed by atoms with E-state index >= 15 is 0 Å². The van der Waals surface area contributed by atoms with Crippen LogP contribution in [0.4, 0.5) is 0 Å². The Balaban J connectivity index is 0.00000108. The van der Waals surface area contributed by atoms with E-state index in [4.69, 9.17) is 5.73 Å². The van der Waals surface area contributed by atoms with Gasteiger partial charge < -0.3 is 5.73 Å². The van der Waals surface area contributed by atoms with Gasteiger partial charge in [0.05, 0.1) is 11.2 Å². The monoisotopic (exact) mass is 273 g/mol. The first-order valence-electron chi connectivity index (χ1n) is 6.18. The molecule has 1 aromatic rings. The Morgan fingerprint density at radius 2 is 2.29 bits per heavy atom. The molecule has 3 rings (SSSR count). The zero-order valence-electron chi connectivity index (χ0n) is 9.92. The zero-order chi connectivity index (χ0) is 11.0. The third-order valence-electron chi connectivity index (χ3n) is 4.10. The molecule has 0 aromatic carbocycles. The van der Waals surface area contributed by atoms with E-state index in [1.807, 2.05) is 5.51 Å². The molecule has 1 saturated carbocycles. The van der Waals surface area contributed by atoms with Crippen molar-refractivity contribution >= 4 is 23.7 Å². The second-order valence-corrected chi connectivity index (χ2v) is 5.91. The highest BCUT2D eigenvalue weighted by Gasteiger charge is 2.38. The normalized spacial score (nSPS) is 33.1. The lowest BCUT2D eigenvalue weighted by Crippen LogP contribution is -2.38. The summed E-state index contributed by atoms with van der Waals surface area (Å²) in [5.74, 6) is 1.59. The highest BCUT2D eigenvalue weighted by Crippen LogP contribution is 2.35. The molecule has 5 heteroatoms. The Morgan fingerprint density at radius 1 is 1.41 bits per heavy atom. The second-order valence-electron chi connectivity index (χ2n) is 5.19. The Kier molecular flexibility index (Phi) is 4.42. The SMILES string of the molecule is Cl.NC1CCCC2CN(Cc3cscn3)CC12. The van der Waals surface area contributed by atoms with Gasteiger partial charge in [0.1, 0.15) is 0 Å². The van der Waals surface area contributed by atoms with Gasteiger partial charge in [-0.1, -0.05) is 6.42 Å². The molecule has 3 atom stereocenters. The molecule has 2 heterocycles. The molecule has 17 heavy (non-hydrogen) atoms. The zero-order valence-corrected chi connectivity index (χ0v) is 11.6. The molecule has 2 aliphatic rings. The number of halogens is 1. The van der Waals surface area contributed by atoms with E-state index in [0.29, 0.717) is 6.04 Å². The fourth-order valence-electron chi connectivity index (χ4n) is 3.28. The van der Waals surface area contributed by atoms with Crippen molar-refractivity contribution in [1.82, 2.24) is 9.88 Å². The molecule has 1 aromatic heterocycles. The molecule has 2 fully saturated rings. The maximum absolute atomic E-state index is 6.22. The Morgan fingerprint density at radius 3 is 3.00 bits per heavy atom. The number of fused-ring (bicyclic) bond motifs is 1. The van der Waals surface area contributed by atoms with Gasteiger partial charge in [0.2, 0.25) is 0 Å². The van der Waals surface area contributed by atoms with Gasteiger partial charge in [-0.25, -0.2) is 4.98 Å². The third kappa shape index (κ3) is 2.81. The van der Waals surface area contributed by atoms with Crippen LogP contribution < -0.4 is 5.73 Å². The van der Waals surface area contributed by atoms with Crippen LogP contribution in [-0.2, 0) is 6.54 Å². The number of aromatic nitrogens is 1. The maximum atomic E-state index is 6.22. The van der Waals surface area contributed by atoms with Gasteiger partial charge in [-0.2, -0.15) is 0 Å². The molecule has 0 spiro atoms. The van der Waals surface area contributed by atoms with Gasteiger partial charge in [-0.15, -0.1) is 23.7 Å². The van der Waals surface area contributed by atoms with Crippen molar-refractivity contribution < 1.29 is 0 Å². The molecule has 2 N–H and O–H groups in total. The predicted octanol–water partition coefficient (Wildman–Crippen LogP) is 2.12. The third-order valence-corrected chi connectivity index (χ3v) is 4.73. The van der Waals surface area contributed by atoms with Crippen molar-refractivity contribution in [2.24, 2.45) is 17.6 Å². The van der Waals surface area contributed by atoms with E-state index in [2.05, 4.69) is 15.3 Å². The Hall–Kier alpha value is -0.160. The average molecular weight is 274 g/mol. The first kappa shape index (κ1) is 13.3. The van der Waals surface area contributed by atoms with Crippen molar-refractivity contribution in [1.29, 1.82) is 0 Å². The molecule has 1 aliphatic heterocycles. The molecule has 3 nitrogen and oxygen atoms in total. The van der Waals surface area contributed by atoms with Crippen molar-refractivity contribution in [3.05, 3.63) is 16.6 Å². The molecule has 0 amide bonds. The number of rotatable bonds is 2. The standard InChI is InChI=1S/C12H19N3S.ClH/c13-12-3-1-2-9-4-15(6-11(9)12)5-10-7-16-8-14-10;/h7-9,11-12H,1-6,13H2;1H. The Bertz CT molecular complexity index is 344. The summed E-state index contributed by atoms with van der Waals surface area (Å²) in [6.07, 6.45) is 3.94. The van der Waals surface area contributed by atoms with Gasteiger partial charge in [0, 0.05) is 31.1 Å². The number of nitrogens with two attached hydrogens (primary N) is 1.